The van der Waals surface area contributed by atoms with Crippen LogP contribution >= 0.6 is 11.6 Å². The predicted octanol–water partition coefficient (Wildman–Crippen LogP) is 1.72. The van der Waals surface area contributed by atoms with Crippen molar-refractivity contribution in [2.45, 2.75) is 25.9 Å². The van der Waals surface area contributed by atoms with E-state index < -0.39 is 5.82 Å². The number of imide groups is 1. The van der Waals surface area contributed by atoms with Gasteiger partial charge < -0.3 is 0 Å². The van der Waals surface area contributed by atoms with Gasteiger partial charge in [0, 0.05) is 0 Å². The minimum Gasteiger partial charge on any atom is -0.297 e. The Kier molecular flexibility index (Phi) is 4.17. The quantitative estimate of drug-likeness (QED) is 0.860. The van der Waals surface area contributed by atoms with Crippen molar-refractivity contribution < 1.29 is 14.0 Å². The van der Waals surface area contributed by atoms with Crippen molar-refractivity contribution in [3.05, 3.63) is 34.6 Å². The van der Waals surface area contributed by atoms with Crippen molar-refractivity contribution in [3.8, 4) is 0 Å². The highest BCUT2D eigenvalue weighted by Gasteiger charge is 2.33. The first kappa shape index (κ1) is 14.0. The molecule has 0 bridgehead atoms. The zero-order chi connectivity index (χ0) is 14.0. The van der Waals surface area contributed by atoms with Gasteiger partial charge in [0.2, 0.25) is 11.8 Å². The van der Waals surface area contributed by atoms with E-state index in [2.05, 4.69) is 5.32 Å². The van der Waals surface area contributed by atoms with Gasteiger partial charge in [0.05, 0.1) is 24.2 Å². The first-order valence-electron chi connectivity index (χ1n) is 6.05. The van der Waals surface area contributed by atoms with Crippen molar-refractivity contribution in [2.75, 3.05) is 6.54 Å². The number of halogens is 2. The molecule has 2 amide bonds. The number of carbonyl (C=O) groups is 2. The number of hydrogen-bond acceptors (Lipinski definition) is 3. The molecule has 0 aromatic heterocycles. The minimum atomic E-state index is -0.554. The highest BCUT2D eigenvalue weighted by atomic mass is 35.5. The molecule has 1 fully saturated rings. The normalized spacial score (nSPS) is 19.9. The van der Waals surface area contributed by atoms with Crippen LogP contribution in [0.25, 0.3) is 0 Å². The molecule has 0 spiro atoms. The van der Waals surface area contributed by atoms with Gasteiger partial charge in [0.25, 0.3) is 0 Å². The molecule has 4 nitrogen and oxygen atoms in total. The van der Waals surface area contributed by atoms with Crippen LogP contribution in [0, 0.1) is 5.82 Å². The standard InChI is InChI=1S/C13H14ClFN2O2/c1-2-10-13(19)17(11(18)6-16-10)7-8-4-3-5-9(15)12(8)14/h3-5,10,16H,2,6-7H2,1H3. The lowest BCUT2D eigenvalue weighted by Gasteiger charge is -2.31. The molecule has 1 saturated heterocycles. The Morgan fingerprint density at radius 3 is 2.89 bits per heavy atom. The number of rotatable bonds is 3. The Balaban J connectivity index is 2.23. The fourth-order valence-corrected chi connectivity index (χ4v) is 2.22. The van der Waals surface area contributed by atoms with Crippen molar-refractivity contribution in [3.63, 3.8) is 0 Å². The van der Waals surface area contributed by atoms with Crippen molar-refractivity contribution in [2.24, 2.45) is 0 Å². The van der Waals surface area contributed by atoms with Crippen LogP contribution in [0.4, 0.5) is 4.39 Å². The van der Waals surface area contributed by atoms with Gasteiger partial charge in [0.15, 0.2) is 0 Å². The summed E-state index contributed by atoms with van der Waals surface area (Å²) in [6, 6.07) is 3.98. The van der Waals surface area contributed by atoms with Crippen LogP contribution in [-0.4, -0.2) is 29.3 Å². The Labute approximate surface area is 115 Å². The monoisotopic (exact) mass is 284 g/mol. The SMILES string of the molecule is CCC1NCC(=O)N(Cc2cccc(F)c2Cl)C1=O. The smallest absolute Gasteiger partial charge is 0.246 e. The molecule has 1 aliphatic heterocycles. The van der Waals surface area contributed by atoms with E-state index in [-0.39, 0.29) is 36.0 Å². The molecule has 6 heteroatoms. The van der Waals surface area contributed by atoms with E-state index in [9.17, 15) is 14.0 Å². The number of nitrogens with zero attached hydrogens (tertiary/aromatic N) is 1. The summed E-state index contributed by atoms with van der Waals surface area (Å²) in [4.78, 5) is 25.0. The molecular weight excluding hydrogens is 271 g/mol. The molecule has 0 aliphatic carbocycles. The fraction of sp³-hybridized carbons (Fsp3) is 0.385. The topological polar surface area (TPSA) is 49.4 Å². The molecule has 1 atom stereocenters. The Morgan fingerprint density at radius 1 is 1.47 bits per heavy atom. The van der Waals surface area contributed by atoms with E-state index in [4.69, 9.17) is 11.6 Å². The molecule has 2 rings (SSSR count). The first-order valence-corrected chi connectivity index (χ1v) is 6.43. The van der Waals surface area contributed by atoms with Gasteiger partial charge in [0.1, 0.15) is 5.82 Å². The van der Waals surface area contributed by atoms with Crippen LogP contribution in [0.15, 0.2) is 18.2 Å². The lowest BCUT2D eigenvalue weighted by molar-refractivity contribution is -0.150. The van der Waals surface area contributed by atoms with Gasteiger partial charge >= 0.3 is 0 Å². The zero-order valence-electron chi connectivity index (χ0n) is 10.5. The van der Waals surface area contributed by atoms with Crippen LogP contribution in [0.5, 0.6) is 0 Å². The first-order chi connectivity index (χ1) is 9.04. The number of hydrogen-bond donors (Lipinski definition) is 1. The summed E-state index contributed by atoms with van der Waals surface area (Å²) < 4.78 is 13.3. The summed E-state index contributed by atoms with van der Waals surface area (Å²) in [5.74, 6) is -1.17. The van der Waals surface area contributed by atoms with Crippen LogP contribution in [0.1, 0.15) is 18.9 Å². The van der Waals surface area contributed by atoms with E-state index in [0.717, 1.165) is 4.90 Å². The van der Waals surface area contributed by atoms with Gasteiger partial charge in [-0.1, -0.05) is 30.7 Å². The summed E-state index contributed by atoms with van der Waals surface area (Å²) >= 11 is 5.84. The molecule has 102 valence electrons. The molecule has 1 aliphatic rings. The van der Waals surface area contributed by atoms with Crippen molar-refractivity contribution in [1.29, 1.82) is 0 Å². The largest absolute Gasteiger partial charge is 0.297 e. The van der Waals surface area contributed by atoms with Crippen molar-refractivity contribution >= 4 is 23.4 Å². The third kappa shape index (κ3) is 2.77. The Morgan fingerprint density at radius 2 is 2.21 bits per heavy atom. The molecule has 1 aromatic rings. The molecule has 1 N–H and O–H groups in total. The Hall–Kier alpha value is -1.46. The number of piperazine rings is 1. The number of nitrogens with one attached hydrogen (secondary N) is 1. The minimum absolute atomic E-state index is 0.00639. The predicted molar refractivity (Wildman–Crippen MR) is 69.0 cm³/mol. The maximum Gasteiger partial charge on any atom is 0.246 e. The molecule has 19 heavy (non-hydrogen) atoms. The van der Waals surface area contributed by atoms with E-state index in [1.807, 2.05) is 6.92 Å². The number of carbonyl (C=O) groups excluding carboxylic acids is 2. The van der Waals surface area contributed by atoms with Crippen LogP contribution in [0.2, 0.25) is 5.02 Å². The second-order valence-corrected chi connectivity index (χ2v) is 4.75. The Bertz CT molecular complexity index is 521. The summed E-state index contributed by atoms with van der Waals surface area (Å²) in [6.07, 6.45) is 0.597. The van der Waals surface area contributed by atoms with Gasteiger partial charge in [-0.25, -0.2) is 4.39 Å². The summed E-state index contributed by atoms with van der Waals surface area (Å²) in [5.41, 5.74) is 0.431. The van der Waals surface area contributed by atoms with Crippen LogP contribution in [-0.2, 0) is 16.1 Å². The average molecular weight is 285 g/mol. The maximum atomic E-state index is 13.3. The molecule has 0 radical (unpaired) electrons. The summed E-state index contributed by atoms with van der Waals surface area (Å²) in [6.45, 7) is 1.97. The van der Waals surface area contributed by atoms with Crippen LogP contribution in [0.3, 0.4) is 0 Å². The van der Waals surface area contributed by atoms with E-state index in [0.29, 0.717) is 12.0 Å². The lowest BCUT2D eigenvalue weighted by atomic mass is 10.1. The molecule has 1 unspecified atom stereocenters. The fourth-order valence-electron chi connectivity index (χ4n) is 2.03. The zero-order valence-corrected chi connectivity index (χ0v) is 11.2. The van der Waals surface area contributed by atoms with Gasteiger partial charge in [-0.2, -0.15) is 0 Å². The third-order valence-electron chi connectivity index (χ3n) is 3.13. The molecule has 1 heterocycles. The second-order valence-electron chi connectivity index (χ2n) is 4.37. The second kappa shape index (κ2) is 5.67. The number of benzene rings is 1. The highest BCUT2D eigenvalue weighted by Crippen LogP contribution is 2.22. The summed E-state index contributed by atoms with van der Waals surface area (Å²) in [5, 5.41) is 2.82. The van der Waals surface area contributed by atoms with Crippen molar-refractivity contribution in [1.82, 2.24) is 10.2 Å². The summed E-state index contributed by atoms with van der Waals surface area (Å²) in [7, 11) is 0. The number of amides is 2. The van der Waals surface area contributed by atoms with Gasteiger partial charge in [-0.05, 0) is 18.1 Å². The molecule has 1 aromatic carbocycles. The van der Waals surface area contributed by atoms with Gasteiger partial charge in [-0.15, -0.1) is 0 Å². The molecule has 0 saturated carbocycles. The van der Waals surface area contributed by atoms with E-state index in [1.165, 1.54) is 12.1 Å². The van der Waals surface area contributed by atoms with Gasteiger partial charge in [-0.3, -0.25) is 19.8 Å². The highest BCUT2D eigenvalue weighted by molar-refractivity contribution is 6.31. The van der Waals surface area contributed by atoms with E-state index in [1.54, 1.807) is 6.07 Å². The third-order valence-corrected chi connectivity index (χ3v) is 3.56. The maximum absolute atomic E-state index is 13.3. The van der Waals surface area contributed by atoms with Crippen LogP contribution < -0.4 is 5.32 Å². The lowest BCUT2D eigenvalue weighted by Crippen LogP contribution is -2.57. The molecular formula is C13H14ClFN2O2. The average Bonchev–Trinajstić information content (AvgIpc) is 2.39. The van der Waals surface area contributed by atoms with E-state index >= 15 is 0 Å².